The number of carbonyl (C=O) groups excluding carboxylic acids is 1. The van der Waals surface area contributed by atoms with Crippen LogP contribution in [0.4, 0.5) is 0 Å². The largest absolute Gasteiger partial charge is 0.295 e. The predicted molar refractivity (Wildman–Crippen MR) is 57.1 cm³/mol. The highest BCUT2D eigenvalue weighted by molar-refractivity contribution is 5.95. The summed E-state index contributed by atoms with van der Waals surface area (Å²) in [6.45, 7) is 9.64. The number of rotatable bonds is 4. The Kier molecular flexibility index (Phi) is 5.28. The first-order valence-electron chi connectivity index (χ1n) is 4.77. The topological polar surface area (TPSA) is 29.4 Å². The Bertz CT molecular complexity index is 249. The van der Waals surface area contributed by atoms with Gasteiger partial charge in [-0.2, -0.15) is 0 Å². The van der Waals surface area contributed by atoms with Gasteiger partial charge in [0.05, 0.1) is 0 Å². The Hall–Kier alpha value is -0.920. The molecule has 0 spiro atoms. The van der Waals surface area contributed by atoms with E-state index in [2.05, 4.69) is 11.9 Å². The summed E-state index contributed by atoms with van der Waals surface area (Å²) in [7, 11) is 0. The lowest BCUT2D eigenvalue weighted by atomic mass is 10.1. The number of carbonyl (C=O) groups is 1. The average molecular weight is 181 g/mol. The van der Waals surface area contributed by atoms with Gasteiger partial charge in [-0.25, -0.2) is 0 Å². The monoisotopic (exact) mass is 181 g/mol. The molecule has 2 heteroatoms. The van der Waals surface area contributed by atoms with E-state index in [9.17, 15) is 4.79 Å². The van der Waals surface area contributed by atoms with Gasteiger partial charge in [0, 0.05) is 23.4 Å². The molecule has 0 heterocycles. The normalized spacial score (nSPS) is 14.1. The molecule has 0 aliphatic heterocycles. The first kappa shape index (κ1) is 12.1. The molecule has 0 aromatic heterocycles. The fourth-order valence-corrected chi connectivity index (χ4v) is 0.916. The van der Waals surface area contributed by atoms with Crippen molar-refractivity contribution in [3.8, 4) is 0 Å². The van der Waals surface area contributed by atoms with Crippen LogP contribution in [0.1, 0.15) is 47.5 Å². The van der Waals surface area contributed by atoms with Crippen molar-refractivity contribution < 1.29 is 4.79 Å². The molecule has 0 amide bonds. The molecule has 2 nitrogen and oxygen atoms in total. The van der Waals surface area contributed by atoms with Crippen molar-refractivity contribution in [2.45, 2.75) is 47.5 Å². The van der Waals surface area contributed by atoms with E-state index in [1.807, 2.05) is 27.7 Å². The Morgan fingerprint density at radius 1 is 1.08 bits per heavy atom. The van der Waals surface area contributed by atoms with Crippen molar-refractivity contribution >= 4 is 11.5 Å². The fourth-order valence-electron chi connectivity index (χ4n) is 0.916. The van der Waals surface area contributed by atoms with Gasteiger partial charge in [0.1, 0.15) is 0 Å². The van der Waals surface area contributed by atoms with Gasteiger partial charge in [-0.3, -0.25) is 9.79 Å². The summed E-state index contributed by atoms with van der Waals surface area (Å²) in [6.07, 6.45) is 1.49. The Labute approximate surface area is 80.8 Å². The predicted octanol–water partition coefficient (Wildman–Crippen LogP) is 3.13. The summed E-state index contributed by atoms with van der Waals surface area (Å²) in [5.74, 6) is 0.185. The van der Waals surface area contributed by atoms with Gasteiger partial charge >= 0.3 is 0 Å². The van der Waals surface area contributed by atoms with Gasteiger partial charge < -0.3 is 0 Å². The second kappa shape index (κ2) is 5.68. The highest BCUT2D eigenvalue weighted by atomic mass is 16.1. The SMILES string of the molecule is CCC(=O)/C(C)=C(/C)N=C(C)CC. The van der Waals surface area contributed by atoms with E-state index >= 15 is 0 Å². The minimum Gasteiger partial charge on any atom is -0.295 e. The van der Waals surface area contributed by atoms with Crippen LogP contribution in [0.2, 0.25) is 0 Å². The molecule has 0 saturated heterocycles. The van der Waals surface area contributed by atoms with Crippen molar-refractivity contribution in [2.75, 3.05) is 0 Å². The minimum atomic E-state index is 0.185. The number of allylic oxidation sites excluding steroid dienone is 2. The molecular weight excluding hydrogens is 162 g/mol. The van der Waals surface area contributed by atoms with E-state index in [1.54, 1.807) is 0 Å². The molecule has 0 aliphatic carbocycles. The second-order valence-electron chi connectivity index (χ2n) is 3.19. The Balaban J connectivity index is 4.72. The molecule has 0 aliphatic rings. The zero-order chi connectivity index (χ0) is 10.4. The van der Waals surface area contributed by atoms with Crippen LogP contribution in [-0.4, -0.2) is 11.5 Å². The van der Waals surface area contributed by atoms with Gasteiger partial charge in [-0.15, -0.1) is 0 Å². The summed E-state index contributed by atoms with van der Waals surface area (Å²) < 4.78 is 0. The summed E-state index contributed by atoms with van der Waals surface area (Å²) in [4.78, 5) is 15.6. The molecule has 0 rings (SSSR count). The lowest BCUT2D eigenvalue weighted by Crippen LogP contribution is -2.00. The van der Waals surface area contributed by atoms with Crippen LogP contribution < -0.4 is 0 Å². The van der Waals surface area contributed by atoms with E-state index in [0.29, 0.717) is 6.42 Å². The third-order valence-corrected chi connectivity index (χ3v) is 2.15. The van der Waals surface area contributed by atoms with Crippen LogP contribution in [-0.2, 0) is 4.79 Å². The molecule has 0 aromatic carbocycles. The fraction of sp³-hybridized carbons (Fsp3) is 0.636. The van der Waals surface area contributed by atoms with Gasteiger partial charge in [0.25, 0.3) is 0 Å². The number of aliphatic imine (C=N–C) groups is 1. The van der Waals surface area contributed by atoms with Gasteiger partial charge in [-0.05, 0) is 27.2 Å². The molecule has 0 aromatic rings. The van der Waals surface area contributed by atoms with Crippen LogP contribution in [0, 0.1) is 0 Å². The third kappa shape index (κ3) is 4.02. The third-order valence-electron chi connectivity index (χ3n) is 2.15. The number of hydrogen-bond acceptors (Lipinski definition) is 2. The summed E-state index contributed by atoms with van der Waals surface area (Å²) in [6, 6.07) is 0. The van der Waals surface area contributed by atoms with Gasteiger partial charge in [0.15, 0.2) is 5.78 Å². The van der Waals surface area contributed by atoms with Crippen LogP contribution in [0.15, 0.2) is 16.3 Å². The number of ketones is 1. The smallest absolute Gasteiger partial charge is 0.160 e. The number of hydrogen-bond donors (Lipinski definition) is 0. The molecular formula is C11H19NO. The second-order valence-corrected chi connectivity index (χ2v) is 3.19. The van der Waals surface area contributed by atoms with Crippen molar-refractivity contribution in [2.24, 2.45) is 4.99 Å². The lowest BCUT2D eigenvalue weighted by molar-refractivity contribution is -0.115. The van der Waals surface area contributed by atoms with Crippen LogP contribution in [0.3, 0.4) is 0 Å². The minimum absolute atomic E-state index is 0.185. The van der Waals surface area contributed by atoms with Crippen molar-refractivity contribution in [3.05, 3.63) is 11.3 Å². The maximum absolute atomic E-state index is 11.3. The summed E-state index contributed by atoms with van der Waals surface area (Å²) >= 11 is 0. The van der Waals surface area contributed by atoms with Crippen molar-refractivity contribution in [3.63, 3.8) is 0 Å². The maximum atomic E-state index is 11.3. The van der Waals surface area contributed by atoms with Crippen LogP contribution in [0.25, 0.3) is 0 Å². The van der Waals surface area contributed by atoms with Crippen molar-refractivity contribution in [1.82, 2.24) is 0 Å². The standard InChI is InChI=1S/C11H19NO/c1-6-8(3)12-10(5)9(4)11(13)7-2/h6-7H2,1-5H3/b10-9-,12-8?. The zero-order valence-electron chi connectivity index (χ0n) is 9.27. The lowest BCUT2D eigenvalue weighted by Gasteiger charge is -2.02. The van der Waals surface area contributed by atoms with Crippen molar-refractivity contribution in [1.29, 1.82) is 0 Å². The van der Waals surface area contributed by atoms with Crippen LogP contribution in [0.5, 0.6) is 0 Å². The molecule has 0 N–H and O–H groups in total. The Morgan fingerprint density at radius 2 is 1.62 bits per heavy atom. The number of nitrogens with zero attached hydrogens (tertiary/aromatic N) is 1. The van der Waals surface area contributed by atoms with E-state index < -0.39 is 0 Å². The zero-order valence-corrected chi connectivity index (χ0v) is 9.27. The first-order valence-corrected chi connectivity index (χ1v) is 4.77. The quantitative estimate of drug-likeness (QED) is 0.484. The summed E-state index contributed by atoms with van der Waals surface area (Å²) in [5, 5.41) is 0. The summed E-state index contributed by atoms with van der Waals surface area (Å²) in [5.41, 5.74) is 2.71. The maximum Gasteiger partial charge on any atom is 0.160 e. The van der Waals surface area contributed by atoms with E-state index in [1.165, 1.54) is 0 Å². The molecule has 0 saturated carbocycles. The molecule has 0 radical (unpaired) electrons. The Morgan fingerprint density at radius 3 is 2.00 bits per heavy atom. The van der Waals surface area contributed by atoms with E-state index in [-0.39, 0.29) is 5.78 Å². The number of Topliss-reactive ketones (excluding diaryl/α,β-unsaturated/α-hetero) is 1. The molecule has 0 fully saturated rings. The molecule has 74 valence electrons. The van der Waals surface area contributed by atoms with Gasteiger partial charge in [-0.1, -0.05) is 13.8 Å². The highest BCUT2D eigenvalue weighted by Gasteiger charge is 2.04. The molecule has 0 unspecified atom stereocenters. The molecule has 0 bridgehead atoms. The first-order chi connectivity index (χ1) is 6.02. The highest BCUT2D eigenvalue weighted by Crippen LogP contribution is 2.08. The molecule has 13 heavy (non-hydrogen) atoms. The average Bonchev–Trinajstić information content (AvgIpc) is 2.14. The van der Waals surface area contributed by atoms with E-state index in [4.69, 9.17) is 0 Å². The van der Waals surface area contributed by atoms with Gasteiger partial charge in [0.2, 0.25) is 0 Å². The molecule has 0 atom stereocenters. The van der Waals surface area contributed by atoms with E-state index in [0.717, 1.165) is 23.4 Å². The van der Waals surface area contributed by atoms with Crippen LogP contribution >= 0.6 is 0 Å².